The second kappa shape index (κ2) is 8.74. The van der Waals surface area contributed by atoms with Gasteiger partial charge in [-0.25, -0.2) is 4.79 Å². The summed E-state index contributed by atoms with van der Waals surface area (Å²) in [6.07, 6.45) is -3.41. The molecule has 1 N–H and O–H groups in total. The van der Waals surface area contributed by atoms with Gasteiger partial charge in [-0.3, -0.25) is 4.98 Å². The van der Waals surface area contributed by atoms with Gasteiger partial charge in [0.15, 0.2) is 5.75 Å². The number of hydrogen-bond donors (Lipinski definition) is 1. The van der Waals surface area contributed by atoms with Crippen LogP contribution < -0.4 is 10.1 Å². The number of hydrogen-bond acceptors (Lipinski definition) is 4. The van der Waals surface area contributed by atoms with Crippen molar-refractivity contribution >= 4 is 32.9 Å². The number of alkyl halides is 3. The molecular formula is C22H20BrF3N2O3. The predicted molar refractivity (Wildman–Crippen MR) is 114 cm³/mol. The highest BCUT2D eigenvalue weighted by atomic mass is 79.9. The number of alkyl carbamates (subject to hydrolysis) is 1. The Kier molecular flexibility index (Phi) is 6.45. The minimum atomic E-state index is -4.43. The number of nitrogens with one attached hydrogen (secondary N) is 1. The summed E-state index contributed by atoms with van der Waals surface area (Å²) in [6, 6.07) is 9.65. The number of halogens is 4. The quantitative estimate of drug-likeness (QED) is 0.429. The van der Waals surface area contributed by atoms with Crippen LogP contribution in [0, 0.1) is 0 Å². The standard InChI is InChI=1S/C22H20BrF3N2O3/c1-21(2,3)31-20(29)28-12-13-11-17(19-16(18(13)23)5-4-10-27-19)30-15-8-6-14(7-9-15)22(24,25)26/h4-11H,12H2,1-3H3,(H,28,29). The van der Waals surface area contributed by atoms with Gasteiger partial charge in [-0.05, 0) is 84.7 Å². The van der Waals surface area contributed by atoms with Crippen molar-refractivity contribution in [3.8, 4) is 11.5 Å². The van der Waals surface area contributed by atoms with E-state index in [9.17, 15) is 18.0 Å². The first-order valence-electron chi connectivity index (χ1n) is 9.32. The van der Waals surface area contributed by atoms with E-state index in [0.29, 0.717) is 21.3 Å². The Balaban J connectivity index is 1.90. The lowest BCUT2D eigenvalue weighted by Crippen LogP contribution is -2.32. The molecule has 0 saturated heterocycles. The topological polar surface area (TPSA) is 60.5 Å². The SMILES string of the molecule is CC(C)(C)OC(=O)NCc1cc(Oc2ccc(C(F)(F)F)cc2)c2ncccc2c1Br. The molecule has 0 radical (unpaired) electrons. The summed E-state index contributed by atoms with van der Waals surface area (Å²) in [5, 5.41) is 3.41. The first-order valence-corrected chi connectivity index (χ1v) is 10.1. The summed E-state index contributed by atoms with van der Waals surface area (Å²) >= 11 is 3.53. The molecule has 9 heteroatoms. The second-order valence-electron chi connectivity index (χ2n) is 7.73. The fraction of sp³-hybridized carbons (Fsp3) is 0.273. The van der Waals surface area contributed by atoms with Crippen LogP contribution in [0.1, 0.15) is 31.9 Å². The van der Waals surface area contributed by atoms with Crippen molar-refractivity contribution in [2.45, 2.75) is 39.1 Å². The average Bonchev–Trinajstić information content (AvgIpc) is 2.67. The van der Waals surface area contributed by atoms with Gasteiger partial charge in [0.05, 0.1) is 5.56 Å². The lowest BCUT2D eigenvalue weighted by molar-refractivity contribution is -0.137. The molecule has 164 valence electrons. The molecule has 1 aromatic heterocycles. The van der Waals surface area contributed by atoms with Crippen LogP contribution in [0.4, 0.5) is 18.0 Å². The zero-order valence-electron chi connectivity index (χ0n) is 17.0. The molecule has 0 aliphatic carbocycles. The van der Waals surface area contributed by atoms with Crippen LogP contribution in [0.2, 0.25) is 0 Å². The molecule has 0 atom stereocenters. The molecule has 31 heavy (non-hydrogen) atoms. The van der Waals surface area contributed by atoms with E-state index in [1.54, 1.807) is 39.1 Å². The van der Waals surface area contributed by atoms with E-state index < -0.39 is 23.4 Å². The second-order valence-corrected chi connectivity index (χ2v) is 8.52. The number of carbonyl (C=O) groups is 1. The number of ether oxygens (including phenoxy) is 2. The Morgan fingerprint density at radius 1 is 1.13 bits per heavy atom. The molecule has 0 saturated carbocycles. The van der Waals surface area contributed by atoms with Crippen LogP contribution in [0.3, 0.4) is 0 Å². The number of pyridine rings is 1. The monoisotopic (exact) mass is 496 g/mol. The van der Waals surface area contributed by atoms with Gasteiger partial charge in [-0.2, -0.15) is 13.2 Å². The van der Waals surface area contributed by atoms with Gasteiger partial charge >= 0.3 is 12.3 Å². The minimum absolute atomic E-state index is 0.143. The molecule has 0 aliphatic rings. The van der Waals surface area contributed by atoms with Crippen molar-refractivity contribution in [3.63, 3.8) is 0 Å². The third-order valence-corrected chi connectivity index (χ3v) is 5.03. The van der Waals surface area contributed by atoms with E-state index in [1.165, 1.54) is 12.1 Å². The molecule has 3 aromatic rings. The molecule has 0 bridgehead atoms. The van der Waals surface area contributed by atoms with Crippen molar-refractivity contribution in [1.82, 2.24) is 10.3 Å². The number of fused-ring (bicyclic) bond motifs is 1. The number of benzene rings is 2. The smallest absolute Gasteiger partial charge is 0.416 e. The van der Waals surface area contributed by atoms with Gasteiger partial charge in [0.25, 0.3) is 0 Å². The maximum atomic E-state index is 12.8. The summed E-state index contributed by atoms with van der Waals surface area (Å²) < 4.78 is 50.2. The maximum absolute atomic E-state index is 12.8. The fourth-order valence-corrected chi connectivity index (χ4v) is 3.34. The molecular weight excluding hydrogens is 477 g/mol. The van der Waals surface area contributed by atoms with Crippen LogP contribution in [0.15, 0.2) is 53.1 Å². The van der Waals surface area contributed by atoms with E-state index >= 15 is 0 Å². The molecule has 3 rings (SSSR count). The van der Waals surface area contributed by atoms with Crippen LogP contribution in [0.25, 0.3) is 10.9 Å². The summed E-state index contributed by atoms with van der Waals surface area (Å²) in [5.74, 6) is 0.577. The zero-order valence-corrected chi connectivity index (χ0v) is 18.6. The van der Waals surface area contributed by atoms with Gasteiger partial charge in [-0.1, -0.05) is 0 Å². The Labute approximate surface area is 185 Å². The van der Waals surface area contributed by atoms with Crippen LogP contribution >= 0.6 is 15.9 Å². The number of carbonyl (C=O) groups excluding carboxylic acids is 1. The van der Waals surface area contributed by atoms with E-state index in [0.717, 1.165) is 17.5 Å². The average molecular weight is 497 g/mol. The van der Waals surface area contributed by atoms with Crippen molar-refractivity contribution in [2.24, 2.45) is 0 Å². The molecule has 0 spiro atoms. The number of rotatable bonds is 4. The van der Waals surface area contributed by atoms with Crippen molar-refractivity contribution in [1.29, 1.82) is 0 Å². The normalized spacial score (nSPS) is 12.0. The van der Waals surface area contributed by atoms with E-state index in [-0.39, 0.29) is 12.3 Å². The molecule has 1 amide bonds. The Morgan fingerprint density at radius 2 is 1.81 bits per heavy atom. The number of amides is 1. The fourth-order valence-electron chi connectivity index (χ4n) is 2.77. The highest BCUT2D eigenvalue weighted by molar-refractivity contribution is 9.10. The Bertz CT molecular complexity index is 1090. The molecule has 0 unspecified atom stereocenters. The molecule has 2 aromatic carbocycles. The summed E-state index contributed by atoms with van der Waals surface area (Å²) in [5.41, 5.74) is -0.185. The number of nitrogens with zero attached hydrogens (tertiary/aromatic N) is 1. The number of aromatic nitrogens is 1. The predicted octanol–water partition coefficient (Wildman–Crippen LogP) is 6.83. The largest absolute Gasteiger partial charge is 0.455 e. The van der Waals surface area contributed by atoms with Gasteiger partial charge in [0.1, 0.15) is 16.9 Å². The van der Waals surface area contributed by atoms with Crippen molar-refractivity contribution in [2.75, 3.05) is 0 Å². The highest BCUT2D eigenvalue weighted by Gasteiger charge is 2.30. The molecule has 0 aliphatic heterocycles. The summed E-state index contributed by atoms with van der Waals surface area (Å²) in [7, 11) is 0. The lowest BCUT2D eigenvalue weighted by Gasteiger charge is -2.20. The third-order valence-electron chi connectivity index (χ3n) is 4.10. The molecule has 5 nitrogen and oxygen atoms in total. The van der Waals surface area contributed by atoms with E-state index in [4.69, 9.17) is 9.47 Å². The molecule has 0 fully saturated rings. The van der Waals surface area contributed by atoms with E-state index in [2.05, 4.69) is 26.2 Å². The minimum Gasteiger partial charge on any atom is -0.455 e. The van der Waals surface area contributed by atoms with Gasteiger partial charge in [0, 0.05) is 22.6 Å². The first kappa shape index (κ1) is 22.9. The van der Waals surface area contributed by atoms with Crippen LogP contribution in [-0.4, -0.2) is 16.7 Å². The summed E-state index contributed by atoms with van der Waals surface area (Å²) in [4.78, 5) is 16.3. The third kappa shape index (κ3) is 5.88. The van der Waals surface area contributed by atoms with Crippen LogP contribution in [-0.2, 0) is 17.5 Å². The maximum Gasteiger partial charge on any atom is 0.416 e. The molecule has 1 heterocycles. The van der Waals surface area contributed by atoms with E-state index in [1.807, 2.05) is 6.07 Å². The lowest BCUT2D eigenvalue weighted by atomic mass is 10.1. The van der Waals surface area contributed by atoms with Gasteiger partial charge in [-0.15, -0.1) is 0 Å². The van der Waals surface area contributed by atoms with Crippen molar-refractivity contribution in [3.05, 3.63) is 64.3 Å². The summed E-state index contributed by atoms with van der Waals surface area (Å²) in [6.45, 7) is 5.43. The Morgan fingerprint density at radius 3 is 2.42 bits per heavy atom. The zero-order chi connectivity index (χ0) is 22.8. The van der Waals surface area contributed by atoms with Crippen molar-refractivity contribution < 1.29 is 27.4 Å². The van der Waals surface area contributed by atoms with Gasteiger partial charge in [0.2, 0.25) is 0 Å². The first-order chi connectivity index (χ1) is 14.4. The Hall–Kier alpha value is -2.81. The highest BCUT2D eigenvalue weighted by Crippen LogP contribution is 2.37. The van der Waals surface area contributed by atoms with Crippen LogP contribution in [0.5, 0.6) is 11.5 Å². The van der Waals surface area contributed by atoms with Gasteiger partial charge < -0.3 is 14.8 Å².